The van der Waals surface area contributed by atoms with E-state index in [0.717, 1.165) is 0 Å². The average Bonchev–Trinajstić information content (AvgIpc) is 2.23. The molecule has 0 aromatic rings. The van der Waals surface area contributed by atoms with Crippen LogP contribution in [0.3, 0.4) is 0 Å². The van der Waals surface area contributed by atoms with E-state index in [-0.39, 0.29) is 98.4 Å². The molecule has 110 valence electrons. The molecule has 13 heteroatoms. The van der Waals surface area contributed by atoms with E-state index in [4.69, 9.17) is 10.2 Å². The number of carboxylic acids is 2. The maximum Gasteiger partial charge on any atom is 1.00 e. The van der Waals surface area contributed by atoms with Gasteiger partial charge in [-0.15, -0.1) is 0 Å². The van der Waals surface area contributed by atoms with Crippen LogP contribution >= 0.6 is 0 Å². The van der Waals surface area contributed by atoms with Gasteiger partial charge in [0.25, 0.3) is 0 Å². The molecule has 0 atom stereocenters. The van der Waals surface area contributed by atoms with Crippen LogP contribution < -0.4 is 88.7 Å². The van der Waals surface area contributed by atoms with Crippen LogP contribution in [0.15, 0.2) is 24.3 Å². The van der Waals surface area contributed by atoms with Crippen LogP contribution in [0, 0.1) is 0 Å². The summed E-state index contributed by atoms with van der Waals surface area (Å²) in [6.45, 7) is 0. The smallest absolute Gasteiger partial charge is 1.00 e. The number of aliphatic carboxylic acids is 2. The number of esters is 2. The maximum atomic E-state index is 10.7. The predicted molar refractivity (Wildman–Crippen MR) is 58.1 cm³/mol. The number of carbonyl (C=O) groups is 5. The normalized spacial score (nSPS) is 8.36. The zero-order valence-electron chi connectivity index (χ0n) is 15.1. The Morgan fingerprint density at radius 2 is 0.955 bits per heavy atom. The summed E-state index contributed by atoms with van der Waals surface area (Å²) < 4.78 is 7.65. The third-order valence-corrected chi connectivity index (χ3v) is 1.09. The van der Waals surface area contributed by atoms with Crippen molar-refractivity contribution in [2.24, 2.45) is 0 Å². The fourth-order valence-corrected chi connectivity index (χ4v) is 0.532. The molecule has 0 saturated carbocycles. The number of rotatable bonds is 4. The molecule has 0 bridgehead atoms. The van der Waals surface area contributed by atoms with Gasteiger partial charge in [0.05, 0.1) is 0 Å². The van der Waals surface area contributed by atoms with Crippen molar-refractivity contribution in [1.82, 2.24) is 0 Å². The Kier molecular flexibility index (Phi) is 29.0. The molecule has 10 nitrogen and oxygen atoms in total. The summed E-state index contributed by atoms with van der Waals surface area (Å²) in [4.78, 5) is 52.1. The Morgan fingerprint density at radius 3 is 1.18 bits per heavy atom. The minimum Gasteiger partial charge on any atom is -1.00 e. The number of hydrogen-bond acceptors (Lipinski definition) is 7. The topological polar surface area (TPSA) is 176 Å². The van der Waals surface area contributed by atoms with E-state index in [1.165, 1.54) is 0 Å². The molecular weight excluding hydrogens is 337 g/mol. The van der Waals surface area contributed by atoms with Crippen LogP contribution in [0.25, 0.3) is 0 Å². The monoisotopic (exact) mass is 348 g/mol. The molecule has 0 amide bonds. The van der Waals surface area contributed by atoms with Gasteiger partial charge in [-0.1, -0.05) is 0 Å². The molecule has 0 saturated heterocycles. The van der Waals surface area contributed by atoms with Crippen molar-refractivity contribution in [3.05, 3.63) is 24.3 Å². The Bertz CT molecular complexity index is 430. The fourth-order valence-electron chi connectivity index (χ4n) is 0.532. The van der Waals surface area contributed by atoms with Gasteiger partial charge >= 0.3 is 119 Å². The molecule has 0 aliphatic carbocycles. The third-order valence-electron chi connectivity index (χ3n) is 1.09. The number of carboxylic acid groups (broad SMARTS) is 2. The molecule has 0 fully saturated rings. The summed E-state index contributed by atoms with van der Waals surface area (Å²) in [5, 5.41) is 16.3. The molecule has 0 radical (unpaired) electrons. The van der Waals surface area contributed by atoms with E-state index in [1.54, 1.807) is 0 Å². The third kappa shape index (κ3) is 22.3. The van der Waals surface area contributed by atoms with Gasteiger partial charge in [0.1, 0.15) is 0 Å². The summed E-state index contributed by atoms with van der Waals surface area (Å²) in [5.74, 6) is -5.61. The predicted octanol–water partition coefficient (Wildman–Crippen LogP) is -10.0. The van der Waals surface area contributed by atoms with Crippen LogP contribution in [0.1, 0.15) is 4.28 Å². The molecule has 0 rings (SSSR count). The quantitative estimate of drug-likeness (QED) is 0.216. The zero-order valence-corrected chi connectivity index (χ0v) is 18.1. The molecule has 0 aliphatic rings. The molecule has 0 aliphatic heterocycles. The summed E-state index contributed by atoms with van der Waals surface area (Å²) in [5.41, 5.74) is 0. The number of hydrogen-bond donors (Lipinski definition) is 2. The Hall–Kier alpha value is -0.0100. The maximum absolute atomic E-state index is 10.7. The van der Waals surface area contributed by atoms with Crippen molar-refractivity contribution in [3.63, 3.8) is 0 Å². The van der Waals surface area contributed by atoms with Gasteiger partial charge in [0, 0.05) is 24.3 Å². The van der Waals surface area contributed by atoms with Crippen LogP contribution in [0.5, 0.6) is 0 Å². The van der Waals surface area contributed by atoms with Gasteiger partial charge in [0.15, 0.2) is 0 Å². The van der Waals surface area contributed by atoms with E-state index in [0.29, 0.717) is 24.3 Å². The summed E-state index contributed by atoms with van der Waals surface area (Å²) in [6, 6.07) is 0. The summed E-state index contributed by atoms with van der Waals surface area (Å²) >= 11 is 0. The minimum absolute atomic E-state index is 0. The van der Waals surface area contributed by atoms with E-state index >= 15 is 0 Å². The average molecular weight is 348 g/mol. The first-order valence-electron chi connectivity index (χ1n) is 4.11. The van der Waals surface area contributed by atoms with Gasteiger partial charge in [-0.2, -0.15) is 0 Å². The van der Waals surface area contributed by atoms with Gasteiger partial charge in [0.2, 0.25) is 0 Å². The van der Waals surface area contributed by atoms with Crippen molar-refractivity contribution >= 4 is 30.0 Å². The van der Waals surface area contributed by atoms with Gasteiger partial charge in [-0.3, -0.25) is 0 Å². The van der Waals surface area contributed by atoms with Crippen LogP contribution in [0.4, 0.5) is 4.79 Å². The SMILES string of the molecule is O.O=C(O)/C=C\C(=O)OC(=O)OC(=O)/C=C\C(=O)O.[H-].[H-].[H-].[Na+].[Na+].[Na+]. The van der Waals surface area contributed by atoms with Crippen molar-refractivity contribution in [3.8, 4) is 0 Å². The van der Waals surface area contributed by atoms with Gasteiger partial charge in [-0.25, -0.2) is 24.0 Å². The first-order chi connectivity index (χ1) is 8.31. The van der Waals surface area contributed by atoms with Crippen LogP contribution in [-0.2, 0) is 28.7 Å². The molecular formula is C9H11Na3O10. The molecule has 0 spiro atoms. The van der Waals surface area contributed by atoms with Crippen LogP contribution in [0.2, 0.25) is 0 Å². The van der Waals surface area contributed by atoms with Gasteiger partial charge in [-0.05, 0) is 0 Å². The van der Waals surface area contributed by atoms with Gasteiger partial charge < -0.3 is 29.4 Å². The van der Waals surface area contributed by atoms with Crippen molar-refractivity contribution in [2.75, 3.05) is 0 Å². The summed E-state index contributed by atoms with van der Waals surface area (Å²) in [7, 11) is 0. The summed E-state index contributed by atoms with van der Waals surface area (Å²) in [6.07, 6.45) is -0.0682. The second-order valence-corrected chi connectivity index (χ2v) is 2.44. The zero-order chi connectivity index (χ0) is 14.1. The fraction of sp³-hybridized carbons (Fsp3) is 0. The Labute approximate surface area is 194 Å². The van der Waals surface area contributed by atoms with Crippen LogP contribution in [-0.4, -0.2) is 45.7 Å². The Morgan fingerprint density at radius 1 is 0.682 bits per heavy atom. The van der Waals surface area contributed by atoms with Crippen molar-refractivity contribution in [1.29, 1.82) is 0 Å². The first-order valence-corrected chi connectivity index (χ1v) is 4.11. The second-order valence-electron chi connectivity index (χ2n) is 2.44. The molecule has 4 N–H and O–H groups in total. The molecule has 0 heterocycles. The molecule has 0 aromatic heterocycles. The molecule has 0 unspecified atom stereocenters. The van der Waals surface area contributed by atoms with Crippen molar-refractivity contribution in [2.45, 2.75) is 0 Å². The van der Waals surface area contributed by atoms with E-state index in [2.05, 4.69) is 9.47 Å². The van der Waals surface area contributed by atoms with Crippen molar-refractivity contribution < 1.29 is 142 Å². The molecule has 22 heavy (non-hydrogen) atoms. The second kappa shape index (κ2) is 19.0. The number of ether oxygens (including phenoxy) is 2. The standard InChI is InChI=1S/C9H6O9.3Na.H2O.3H/c10-5(11)1-3-7(14)17-9(16)18-8(15)4-2-6(12)13;;;;;;;/h1-4H,(H,10,11)(H,12,13);;;;1H2;;;/q;3*+1;;3*-1/b3-1-,4-2-;;;;;;;. The van der Waals surface area contributed by atoms with E-state index in [9.17, 15) is 24.0 Å². The Balaban J connectivity index is -0.0000000688. The molecule has 0 aromatic carbocycles. The van der Waals surface area contributed by atoms with E-state index < -0.39 is 30.0 Å². The largest absolute Gasteiger partial charge is 1.00 e. The first kappa shape index (κ1) is 33.6. The number of carbonyl (C=O) groups excluding carboxylic acids is 3. The minimum atomic E-state index is -1.71. The van der Waals surface area contributed by atoms with E-state index in [1.807, 2.05) is 0 Å².